The van der Waals surface area contributed by atoms with Crippen LogP contribution in [0, 0.1) is 0 Å². The van der Waals surface area contributed by atoms with E-state index < -0.39 is 0 Å². The summed E-state index contributed by atoms with van der Waals surface area (Å²) in [7, 11) is 1.59. The fourth-order valence-electron chi connectivity index (χ4n) is 3.04. The maximum absolute atomic E-state index is 12.3. The average molecular weight is 353 g/mol. The number of nitrogens with one attached hydrogen (secondary N) is 3. The second-order valence-electron chi connectivity index (χ2n) is 6.21. The van der Waals surface area contributed by atoms with Crippen LogP contribution in [-0.4, -0.2) is 31.5 Å². The summed E-state index contributed by atoms with van der Waals surface area (Å²) in [5.74, 6) is 0.328. The van der Waals surface area contributed by atoms with Crippen LogP contribution in [0.5, 0.6) is 5.75 Å². The highest BCUT2D eigenvalue weighted by Gasteiger charge is 2.23. The molecule has 0 aliphatic carbocycles. The molecule has 2 aromatic carbocycles. The minimum absolute atomic E-state index is 0.0478. The van der Waals surface area contributed by atoms with Gasteiger partial charge in [0.05, 0.1) is 19.7 Å². The Bertz CT molecular complexity index is 791. The molecule has 0 spiro atoms. The molecular weight excluding hydrogens is 330 g/mol. The predicted octanol–water partition coefficient (Wildman–Crippen LogP) is 1.14. The summed E-state index contributed by atoms with van der Waals surface area (Å²) in [6.07, 6.45) is 0.630. The van der Waals surface area contributed by atoms with Crippen LogP contribution in [0.1, 0.15) is 16.7 Å². The summed E-state index contributed by atoms with van der Waals surface area (Å²) >= 11 is 0. The lowest BCUT2D eigenvalue weighted by Crippen LogP contribution is -2.49. The smallest absolute Gasteiger partial charge is 0.239 e. The second-order valence-corrected chi connectivity index (χ2v) is 6.21. The number of benzene rings is 2. The average Bonchev–Trinajstić information content (AvgIpc) is 2.70. The van der Waals surface area contributed by atoms with Gasteiger partial charge >= 0.3 is 0 Å². The van der Waals surface area contributed by atoms with Crippen LogP contribution in [0.4, 0.5) is 0 Å². The molecule has 0 fully saturated rings. The lowest BCUT2D eigenvalue weighted by Gasteiger charge is -2.25. The minimum atomic E-state index is -0.313. The highest BCUT2D eigenvalue weighted by atomic mass is 16.5. The standard InChI is InChI=1S/C20H23N3O3/c1-26-18-9-5-4-8-16(18)12-22-19(24)13-23-20(25)17-10-14-6-2-3-7-15(14)11-21-17/h2-9,17,21H,10-13H2,1H3,(H,22,24)(H,23,25). The van der Waals surface area contributed by atoms with Crippen LogP contribution in [0.2, 0.25) is 0 Å². The van der Waals surface area contributed by atoms with E-state index >= 15 is 0 Å². The molecule has 1 atom stereocenters. The van der Waals surface area contributed by atoms with Gasteiger partial charge in [-0.3, -0.25) is 9.59 Å². The molecule has 6 nitrogen and oxygen atoms in total. The van der Waals surface area contributed by atoms with Gasteiger partial charge < -0.3 is 20.7 Å². The van der Waals surface area contributed by atoms with Crippen LogP contribution in [0.25, 0.3) is 0 Å². The van der Waals surface area contributed by atoms with E-state index in [2.05, 4.69) is 22.0 Å². The third-order valence-corrected chi connectivity index (χ3v) is 4.49. The fraction of sp³-hybridized carbons (Fsp3) is 0.300. The van der Waals surface area contributed by atoms with E-state index in [9.17, 15) is 9.59 Å². The van der Waals surface area contributed by atoms with Gasteiger partial charge in [0.15, 0.2) is 0 Å². The van der Waals surface area contributed by atoms with Crippen molar-refractivity contribution in [3.05, 3.63) is 65.2 Å². The monoisotopic (exact) mass is 353 g/mol. The van der Waals surface area contributed by atoms with E-state index in [4.69, 9.17) is 4.74 Å². The molecule has 0 saturated heterocycles. The number of rotatable bonds is 6. The molecule has 26 heavy (non-hydrogen) atoms. The quantitative estimate of drug-likeness (QED) is 0.728. The number of para-hydroxylation sites is 1. The molecule has 1 heterocycles. The van der Waals surface area contributed by atoms with Crippen molar-refractivity contribution in [2.24, 2.45) is 0 Å². The van der Waals surface area contributed by atoms with Gasteiger partial charge in [-0.05, 0) is 23.6 Å². The maximum atomic E-state index is 12.3. The van der Waals surface area contributed by atoms with Crippen molar-refractivity contribution in [3.63, 3.8) is 0 Å². The topological polar surface area (TPSA) is 79.5 Å². The van der Waals surface area contributed by atoms with Crippen molar-refractivity contribution in [3.8, 4) is 5.75 Å². The molecule has 1 aliphatic heterocycles. The Balaban J connectivity index is 1.45. The molecular formula is C20H23N3O3. The number of methoxy groups -OCH3 is 1. The third-order valence-electron chi connectivity index (χ3n) is 4.49. The molecule has 1 aliphatic rings. The minimum Gasteiger partial charge on any atom is -0.496 e. The molecule has 1 unspecified atom stereocenters. The zero-order valence-electron chi connectivity index (χ0n) is 14.7. The second kappa shape index (κ2) is 8.49. The van der Waals surface area contributed by atoms with Gasteiger partial charge in [0, 0.05) is 18.7 Å². The van der Waals surface area contributed by atoms with Gasteiger partial charge in [-0.1, -0.05) is 42.5 Å². The first kappa shape index (κ1) is 17.9. The number of hydrogen-bond acceptors (Lipinski definition) is 4. The van der Waals surface area contributed by atoms with Crippen LogP contribution < -0.4 is 20.7 Å². The first-order valence-electron chi connectivity index (χ1n) is 8.64. The Morgan fingerprint density at radius 1 is 1.08 bits per heavy atom. The predicted molar refractivity (Wildman–Crippen MR) is 98.6 cm³/mol. The third kappa shape index (κ3) is 4.40. The lowest BCUT2D eigenvalue weighted by molar-refractivity contribution is -0.127. The van der Waals surface area contributed by atoms with E-state index in [0.717, 1.165) is 11.3 Å². The Hall–Kier alpha value is -2.86. The Morgan fingerprint density at radius 2 is 1.81 bits per heavy atom. The number of ether oxygens (including phenoxy) is 1. The van der Waals surface area contributed by atoms with Crippen LogP contribution in [0.3, 0.4) is 0 Å². The van der Waals surface area contributed by atoms with E-state index in [0.29, 0.717) is 19.5 Å². The number of hydrogen-bond donors (Lipinski definition) is 3. The summed E-state index contributed by atoms with van der Waals surface area (Å²) in [4.78, 5) is 24.3. The molecule has 2 amide bonds. The summed E-state index contributed by atoms with van der Waals surface area (Å²) in [5.41, 5.74) is 3.28. The van der Waals surface area contributed by atoms with Crippen LogP contribution in [0.15, 0.2) is 48.5 Å². The maximum Gasteiger partial charge on any atom is 0.239 e. The molecule has 3 N–H and O–H groups in total. The summed E-state index contributed by atoms with van der Waals surface area (Å²) in [5, 5.41) is 8.71. The van der Waals surface area contributed by atoms with E-state index in [1.165, 1.54) is 11.1 Å². The number of carbonyl (C=O) groups excluding carboxylic acids is 2. The molecule has 136 valence electrons. The molecule has 0 aromatic heterocycles. The van der Waals surface area contributed by atoms with E-state index in [1.54, 1.807) is 7.11 Å². The Labute approximate surface area is 152 Å². The zero-order valence-corrected chi connectivity index (χ0v) is 14.7. The highest BCUT2D eigenvalue weighted by molar-refractivity contribution is 5.87. The van der Waals surface area contributed by atoms with Gasteiger partial charge in [0.25, 0.3) is 0 Å². The van der Waals surface area contributed by atoms with Gasteiger partial charge in [0.2, 0.25) is 11.8 Å². The Morgan fingerprint density at radius 3 is 2.62 bits per heavy atom. The molecule has 2 aromatic rings. The molecule has 0 saturated carbocycles. The number of amides is 2. The zero-order chi connectivity index (χ0) is 18.4. The van der Waals surface area contributed by atoms with Gasteiger partial charge in [-0.15, -0.1) is 0 Å². The Kier molecular flexibility index (Phi) is 5.86. The van der Waals surface area contributed by atoms with Crippen LogP contribution >= 0.6 is 0 Å². The summed E-state index contributed by atoms with van der Waals surface area (Å²) in [6.45, 7) is 0.968. The lowest BCUT2D eigenvalue weighted by atomic mass is 9.95. The molecule has 0 bridgehead atoms. The SMILES string of the molecule is COc1ccccc1CNC(=O)CNC(=O)C1Cc2ccccc2CN1. The summed E-state index contributed by atoms with van der Waals surface area (Å²) in [6, 6.07) is 15.2. The van der Waals surface area contributed by atoms with Crippen molar-refractivity contribution < 1.29 is 14.3 Å². The van der Waals surface area contributed by atoms with E-state index in [1.807, 2.05) is 42.5 Å². The first-order chi connectivity index (χ1) is 12.7. The molecule has 0 radical (unpaired) electrons. The van der Waals surface area contributed by atoms with Gasteiger partial charge in [-0.25, -0.2) is 0 Å². The van der Waals surface area contributed by atoms with Crippen molar-refractivity contribution in [1.82, 2.24) is 16.0 Å². The normalized spacial score (nSPS) is 15.7. The van der Waals surface area contributed by atoms with Crippen molar-refractivity contribution >= 4 is 11.8 Å². The molecule has 6 heteroatoms. The first-order valence-corrected chi connectivity index (χ1v) is 8.64. The number of fused-ring (bicyclic) bond motifs is 1. The number of carbonyl (C=O) groups is 2. The highest BCUT2D eigenvalue weighted by Crippen LogP contribution is 2.17. The van der Waals surface area contributed by atoms with E-state index in [-0.39, 0.29) is 24.4 Å². The largest absolute Gasteiger partial charge is 0.496 e. The van der Waals surface area contributed by atoms with Crippen molar-refractivity contribution in [2.75, 3.05) is 13.7 Å². The summed E-state index contributed by atoms with van der Waals surface area (Å²) < 4.78 is 5.25. The molecule has 3 rings (SSSR count). The van der Waals surface area contributed by atoms with Crippen molar-refractivity contribution in [2.45, 2.75) is 25.6 Å². The van der Waals surface area contributed by atoms with Gasteiger partial charge in [-0.2, -0.15) is 0 Å². The van der Waals surface area contributed by atoms with Gasteiger partial charge in [0.1, 0.15) is 5.75 Å². The van der Waals surface area contributed by atoms with Crippen LogP contribution in [-0.2, 0) is 29.1 Å². The fourth-order valence-corrected chi connectivity index (χ4v) is 3.04. The van der Waals surface area contributed by atoms with Crippen molar-refractivity contribution in [1.29, 1.82) is 0 Å².